The number of hydrogen-bond acceptors (Lipinski definition) is 7. The van der Waals surface area contributed by atoms with E-state index in [1.807, 2.05) is 0 Å². The van der Waals surface area contributed by atoms with Crippen LogP contribution in [0, 0.1) is 0 Å². The Morgan fingerprint density at radius 3 is 2.69 bits per heavy atom. The maximum Gasteiger partial charge on any atom is 0.417 e. The van der Waals surface area contributed by atoms with Crippen LogP contribution in [0.4, 0.5) is 18.3 Å². The van der Waals surface area contributed by atoms with Gasteiger partial charge in [-0.25, -0.2) is 9.97 Å². The van der Waals surface area contributed by atoms with Gasteiger partial charge in [0.2, 0.25) is 5.88 Å². The van der Waals surface area contributed by atoms with Crippen LogP contribution in [0.15, 0.2) is 61.3 Å². The quantitative estimate of drug-likeness (QED) is 0.221. The van der Waals surface area contributed by atoms with Gasteiger partial charge in [0.1, 0.15) is 11.2 Å². The SMILES string of the molecule is Oc1nc(NCc2cncnc2)sc1C(=Cc1ccc(Cl)cc1C(F)(F)F)c1ccc2[nH]ncc2c1. The number of halogens is 4. The minimum absolute atomic E-state index is 0.0298. The number of fused-ring (bicyclic) bond motifs is 1. The third-order valence-electron chi connectivity index (χ3n) is 5.28. The lowest BCUT2D eigenvalue weighted by molar-refractivity contribution is -0.137. The second-order valence-electron chi connectivity index (χ2n) is 7.73. The zero-order chi connectivity index (χ0) is 25.3. The van der Waals surface area contributed by atoms with Gasteiger partial charge < -0.3 is 10.4 Å². The highest BCUT2D eigenvalue weighted by Gasteiger charge is 2.33. The second-order valence-corrected chi connectivity index (χ2v) is 9.17. The molecule has 0 spiro atoms. The molecular formula is C24H16ClF3N6OS. The summed E-state index contributed by atoms with van der Waals surface area (Å²) < 4.78 is 41.4. The molecule has 0 radical (unpaired) electrons. The van der Waals surface area contributed by atoms with Crippen LogP contribution in [0.1, 0.15) is 27.1 Å². The molecule has 0 saturated carbocycles. The Hall–Kier alpha value is -3.96. The zero-order valence-corrected chi connectivity index (χ0v) is 19.8. The molecule has 3 heterocycles. The van der Waals surface area contributed by atoms with Gasteiger partial charge in [0, 0.05) is 40.5 Å². The molecule has 3 aromatic heterocycles. The van der Waals surface area contributed by atoms with E-state index >= 15 is 0 Å². The van der Waals surface area contributed by atoms with Crippen LogP contribution in [-0.4, -0.2) is 30.3 Å². The minimum Gasteiger partial charge on any atom is -0.492 e. The number of benzene rings is 2. The molecular weight excluding hydrogens is 513 g/mol. The van der Waals surface area contributed by atoms with Crippen molar-refractivity contribution >= 4 is 50.6 Å². The lowest BCUT2D eigenvalue weighted by Gasteiger charge is -2.13. The van der Waals surface area contributed by atoms with Crippen LogP contribution < -0.4 is 5.32 Å². The van der Waals surface area contributed by atoms with Crippen molar-refractivity contribution in [3.05, 3.63) is 93.5 Å². The molecule has 0 aliphatic rings. The largest absolute Gasteiger partial charge is 0.492 e. The summed E-state index contributed by atoms with van der Waals surface area (Å²) in [4.78, 5) is 12.4. The predicted molar refractivity (Wildman–Crippen MR) is 133 cm³/mol. The molecule has 36 heavy (non-hydrogen) atoms. The molecule has 12 heteroatoms. The fourth-order valence-electron chi connectivity index (χ4n) is 3.61. The first-order chi connectivity index (χ1) is 17.3. The maximum atomic E-state index is 13.8. The van der Waals surface area contributed by atoms with Crippen molar-refractivity contribution in [1.82, 2.24) is 25.1 Å². The summed E-state index contributed by atoms with van der Waals surface area (Å²) in [6, 6.07) is 8.86. The van der Waals surface area contributed by atoms with Gasteiger partial charge in [0.05, 0.1) is 17.3 Å². The standard InChI is InChI=1S/C24H16ClF3N6OS/c25-17-3-1-15(19(7-17)24(26,27)28)6-18(14-2-4-20-16(5-14)11-32-34-20)21-22(35)33-23(36-21)31-10-13-8-29-12-30-9-13/h1-9,11-12,35H,10H2,(H,31,33)(H,32,34). The van der Waals surface area contributed by atoms with Gasteiger partial charge in [-0.3, -0.25) is 5.10 Å². The van der Waals surface area contributed by atoms with Crippen molar-refractivity contribution in [2.45, 2.75) is 12.7 Å². The highest BCUT2D eigenvalue weighted by Crippen LogP contribution is 2.41. The molecule has 3 N–H and O–H groups in total. The number of rotatable bonds is 6. The van der Waals surface area contributed by atoms with Gasteiger partial charge in [-0.2, -0.15) is 23.3 Å². The Labute approximate surface area is 211 Å². The molecule has 7 nitrogen and oxygen atoms in total. The third kappa shape index (κ3) is 5.02. The molecule has 0 amide bonds. The number of aromatic amines is 1. The number of hydrogen-bond donors (Lipinski definition) is 3. The van der Waals surface area contributed by atoms with Crippen molar-refractivity contribution in [3.8, 4) is 5.88 Å². The predicted octanol–water partition coefficient (Wildman–Crippen LogP) is 6.39. The molecule has 0 bridgehead atoms. The number of anilines is 1. The van der Waals surface area contributed by atoms with Crippen LogP contribution in [0.25, 0.3) is 22.6 Å². The fraction of sp³-hybridized carbons (Fsp3) is 0.0833. The number of thiazole rings is 1. The van der Waals surface area contributed by atoms with E-state index in [9.17, 15) is 18.3 Å². The summed E-state index contributed by atoms with van der Waals surface area (Å²) in [6.07, 6.45) is 3.05. The smallest absolute Gasteiger partial charge is 0.417 e. The summed E-state index contributed by atoms with van der Waals surface area (Å²) in [5.74, 6) is -0.312. The number of alkyl halides is 3. The van der Waals surface area contributed by atoms with Crippen molar-refractivity contribution in [3.63, 3.8) is 0 Å². The van der Waals surface area contributed by atoms with Gasteiger partial charge in [0.15, 0.2) is 5.13 Å². The van der Waals surface area contributed by atoms with Crippen LogP contribution in [0.5, 0.6) is 5.88 Å². The third-order valence-corrected chi connectivity index (χ3v) is 6.55. The lowest BCUT2D eigenvalue weighted by Crippen LogP contribution is -2.07. The van der Waals surface area contributed by atoms with E-state index in [2.05, 4.69) is 30.5 Å². The Balaban J connectivity index is 1.61. The average Bonchev–Trinajstić information content (AvgIpc) is 3.47. The Morgan fingerprint density at radius 1 is 1.11 bits per heavy atom. The average molecular weight is 529 g/mol. The molecule has 0 fully saturated rings. The topological polar surface area (TPSA) is 99.6 Å². The molecule has 5 aromatic rings. The Morgan fingerprint density at radius 2 is 1.92 bits per heavy atom. The van der Waals surface area contributed by atoms with Gasteiger partial charge in [-0.15, -0.1) is 0 Å². The molecule has 0 aliphatic heterocycles. The van der Waals surface area contributed by atoms with Crippen LogP contribution >= 0.6 is 22.9 Å². The normalized spacial score (nSPS) is 12.3. The molecule has 182 valence electrons. The zero-order valence-electron chi connectivity index (χ0n) is 18.2. The molecule has 0 aliphatic carbocycles. The minimum atomic E-state index is -4.63. The van der Waals surface area contributed by atoms with E-state index in [0.717, 1.165) is 33.9 Å². The summed E-state index contributed by atoms with van der Waals surface area (Å²) in [6.45, 7) is 0.350. The number of nitrogens with one attached hydrogen (secondary N) is 2. The fourth-order valence-corrected chi connectivity index (χ4v) is 4.67. The van der Waals surface area contributed by atoms with Crippen LogP contribution in [0.3, 0.4) is 0 Å². The maximum absolute atomic E-state index is 13.8. The Bertz CT molecular complexity index is 1570. The summed E-state index contributed by atoms with van der Waals surface area (Å²) >= 11 is 6.98. The van der Waals surface area contributed by atoms with Gasteiger partial charge >= 0.3 is 6.18 Å². The van der Waals surface area contributed by atoms with E-state index < -0.39 is 11.7 Å². The van der Waals surface area contributed by atoms with E-state index in [1.54, 1.807) is 36.8 Å². The van der Waals surface area contributed by atoms with Crippen LogP contribution in [0.2, 0.25) is 5.02 Å². The summed E-state index contributed by atoms with van der Waals surface area (Å²) in [5, 5.41) is 21.8. The van der Waals surface area contributed by atoms with Gasteiger partial charge in [-0.1, -0.05) is 35.1 Å². The molecule has 0 saturated heterocycles. The van der Waals surface area contributed by atoms with Crippen molar-refractivity contribution in [2.24, 2.45) is 0 Å². The van der Waals surface area contributed by atoms with Gasteiger partial charge in [-0.05, 0) is 41.5 Å². The van der Waals surface area contributed by atoms with E-state index in [-0.39, 0.29) is 16.5 Å². The van der Waals surface area contributed by atoms with Crippen molar-refractivity contribution in [1.29, 1.82) is 0 Å². The Kier molecular flexibility index (Phi) is 6.33. The summed E-state index contributed by atoms with van der Waals surface area (Å²) in [5.41, 5.74) is 1.51. The van der Waals surface area contributed by atoms with E-state index in [4.69, 9.17) is 11.6 Å². The van der Waals surface area contributed by atoms with Gasteiger partial charge in [0.25, 0.3) is 0 Å². The van der Waals surface area contributed by atoms with Crippen molar-refractivity contribution in [2.75, 3.05) is 5.32 Å². The monoisotopic (exact) mass is 528 g/mol. The lowest BCUT2D eigenvalue weighted by atomic mass is 9.98. The second kappa shape index (κ2) is 9.59. The van der Waals surface area contributed by atoms with E-state index in [0.29, 0.717) is 27.7 Å². The van der Waals surface area contributed by atoms with Crippen LogP contribution in [-0.2, 0) is 12.7 Å². The highest BCUT2D eigenvalue weighted by molar-refractivity contribution is 7.17. The molecule has 2 aromatic carbocycles. The molecule has 5 rings (SSSR count). The molecule has 0 unspecified atom stereocenters. The number of aromatic nitrogens is 5. The number of H-pyrrole nitrogens is 1. The number of aromatic hydroxyl groups is 1. The van der Waals surface area contributed by atoms with E-state index in [1.165, 1.54) is 24.5 Å². The first-order valence-corrected chi connectivity index (χ1v) is 11.7. The van der Waals surface area contributed by atoms with Crippen molar-refractivity contribution < 1.29 is 18.3 Å². The summed E-state index contributed by atoms with van der Waals surface area (Å²) in [7, 11) is 0. The number of nitrogens with zero attached hydrogens (tertiary/aromatic N) is 4. The molecule has 0 atom stereocenters. The highest BCUT2D eigenvalue weighted by atomic mass is 35.5. The first-order valence-electron chi connectivity index (χ1n) is 10.5. The first kappa shape index (κ1) is 23.8.